The summed E-state index contributed by atoms with van der Waals surface area (Å²) in [6, 6.07) is 13.6. The van der Waals surface area contributed by atoms with Crippen molar-refractivity contribution in [2.45, 2.75) is 0 Å². The number of nitrogens with one attached hydrogen (secondary N) is 1. The van der Waals surface area contributed by atoms with Crippen molar-refractivity contribution in [1.82, 2.24) is 15.2 Å². The summed E-state index contributed by atoms with van der Waals surface area (Å²) in [4.78, 5) is 4.25. The van der Waals surface area contributed by atoms with E-state index < -0.39 is 0 Å². The lowest BCUT2D eigenvalue weighted by Crippen LogP contribution is -1.88. The summed E-state index contributed by atoms with van der Waals surface area (Å²) in [5.74, 6) is 0. The second kappa shape index (κ2) is 5.46. The van der Waals surface area contributed by atoms with Crippen LogP contribution in [-0.2, 0) is 0 Å². The van der Waals surface area contributed by atoms with E-state index in [1.807, 2.05) is 42.5 Å². The molecule has 2 heterocycles. The molecule has 0 aliphatic carbocycles. The first-order chi connectivity index (χ1) is 9.31. The smallest absolute Gasteiger partial charge is 0.210 e. The summed E-state index contributed by atoms with van der Waals surface area (Å²) in [6.45, 7) is 0. The molecular formula is C13H9BrN4S. The molecule has 94 valence electrons. The maximum atomic E-state index is 4.25. The van der Waals surface area contributed by atoms with Crippen molar-refractivity contribution in [1.29, 1.82) is 0 Å². The van der Waals surface area contributed by atoms with Crippen LogP contribution in [0.25, 0.3) is 10.7 Å². The standard InChI is InChI=1S/C13H9BrN4S/c14-9-4-6-10(7-5-9)16-13-18-17-12(19-13)11-3-1-2-8-15-11/h1-8H,(H,16,18). The SMILES string of the molecule is Brc1ccc(Nc2nnc(-c3ccccn3)s2)cc1. The fourth-order valence-electron chi connectivity index (χ4n) is 1.52. The predicted molar refractivity (Wildman–Crippen MR) is 80.6 cm³/mol. The van der Waals surface area contributed by atoms with Gasteiger partial charge < -0.3 is 5.32 Å². The fourth-order valence-corrected chi connectivity index (χ4v) is 2.53. The van der Waals surface area contributed by atoms with Gasteiger partial charge in [-0.05, 0) is 36.4 Å². The monoisotopic (exact) mass is 332 g/mol. The number of anilines is 2. The minimum Gasteiger partial charge on any atom is -0.330 e. The molecule has 0 aliphatic heterocycles. The molecule has 19 heavy (non-hydrogen) atoms. The second-order valence-electron chi connectivity index (χ2n) is 3.76. The molecule has 0 bridgehead atoms. The van der Waals surface area contributed by atoms with Crippen molar-refractivity contribution in [2.24, 2.45) is 0 Å². The largest absolute Gasteiger partial charge is 0.330 e. The van der Waals surface area contributed by atoms with Gasteiger partial charge in [-0.25, -0.2) is 0 Å². The topological polar surface area (TPSA) is 50.7 Å². The lowest BCUT2D eigenvalue weighted by molar-refractivity contribution is 1.09. The zero-order chi connectivity index (χ0) is 13.1. The lowest BCUT2D eigenvalue weighted by Gasteiger charge is -2.00. The van der Waals surface area contributed by atoms with Gasteiger partial charge in [0.15, 0.2) is 5.01 Å². The van der Waals surface area contributed by atoms with E-state index in [4.69, 9.17) is 0 Å². The molecule has 0 amide bonds. The van der Waals surface area contributed by atoms with Crippen LogP contribution in [0.5, 0.6) is 0 Å². The van der Waals surface area contributed by atoms with Crippen LogP contribution in [0.2, 0.25) is 0 Å². The molecule has 3 rings (SSSR count). The Morgan fingerprint density at radius 3 is 2.58 bits per heavy atom. The number of nitrogens with zero attached hydrogens (tertiary/aromatic N) is 3. The Kier molecular flexibility index (Phi) is 3.52. The van der Waals surface area contributed by atoms with Crippen molar-refractivity contribution in [3.05, 3.63) is 53.1 Å². The molecule has 0 unspecified atom stereocenters. The van der Waals surface area contributed by atoms with E-state index in [0.717, 1.165) is 26.0 Å². The van der Waals surface area contributed by atoms with Crippen LogP contribution < -0.4 is 5.32 Å². The number of rotatable bonds is 3. The number of halogens is 1. The highest BCUT2D eigenvalue weighted by atomic mass is 79.9. The Labute approximate surface area is 122 Å². The quantitative estimate of drug-likeness (QED) is 0.784. The van der Waals surface area contributed by atoms with Crippen LogP contribution >= 0.6 is 27.3 Å². The van der Waals surface area contributed by atoms with E-state index >= 15 is 0 Å². The van der Waals surface area contributed by atoms with E-state index in [1.54, 1.807) is 6.20 Å². The van der Waals surface area contributed by atoms with Crippen LogP contribution in [-0.4, -0.2) is 15.2 Å². The van der Waals surface area contributed by atoms with Crippen molar-refractivity contribution < 1.29 is 0 Å². The molecule has 6 heteroatoms. The Hall–Kier alpha value is -1.79. The number of pyridine rings is 1. The summed E-state index contributed by atoms with van der Waals surface area (Å²) < 4.78 is 1.05. The summed E-state index contributed by atoms with van der Waals surface area (Å²) in [5.41, 5.74) is 1.82. The van der Waals surface area contributed by atoms with Crippen molar-refractivity contribution in [3.8, 4) is 10.7 Å². The van der Waals surface area contributed by atoms with Crippen molar-refractivity contribution in [2.75, 3.05) is 5.32 Å². The Balaban J connectivity index is 1.80. The fraction of sp³-hybridized carbons (Fsp3) is 0. The van der Waals surface area contributed by atoms with E-state index in [1.165, 1.54) is 11.3 Å². The number of aromatic nitrogens is 3. The molecule has 1 N–H and O–H groups in total. The molecule has 4 nitrogen and oxygen atoms in total. The number of benzene rings is 1. The van der Waals surface area contributed by atoms with Crippen LogP contribution in [0.4, 0.5) is 10.8 Å². The third-order valence-corrected chi connectivity index (χ3v) is 3.79. The van der Waals surface area contributed by atoms with Gasteiger partial charge in [0.2, 0.25) is 5.13 Å². The van der Waals surface area contributed by atoms with Crippen LogP contribution in [0.3, 0.4) is 0 Å². The van der Waals surface area contributed by atoms with Gasteiger partial charge in [-0.15, -0.1) is 10.2 Å². The van der Waals surface area contributed by atoms with E-state index in [2.05, 4.69) is 36.4 Å². The van der Waals surface area contributed by atoms with Crippen LogP contribution in [0, 0.1) is 0 Å². The maximum absolute atomic E-state index is 4.25. The highest BCUT2D eigenvalue weighted by Gasteiger charge is 2.07. The molecule has 1 aromatic carbocycles. The third kappa shape index (κ3) is 2.97. The highest BCUT2D eigenvalue weighted by Crippen LogP contribution is 2.27. The maximum Gasteiger partial charge on any atom is 0.210 e. The first-order valence-corrected chi connectivity index (χ1v) is 7.20. The Morgan fingerprint density at radius 2 is 1.84 bits per heavy atom. The van der Waals surface area contributed by atoms with Gasteiger partial charge in [-0.3, -0.25) is 4.98 Å². The summed E-state index contributed by atoms with van der Waals surface area (Å²) in [6.07, 6.45) is 1.75. The minimum atomic E-state index is 0.753. The zero-order valence-electron chi connectivity index (χ0n) is 9.75. The van der Waals surface area contributed by atoms with Crippen LogP contribution in [0.15, 0.2) is 53.1 Å². The first-order valence-electron chi connectivity index (χ1n) is 5.59. The van der Waals surface area contributed by atoms with Gasteiger partial charge in [0, 0.05) is 16.4 Å². The lowest BCUT2D eigenvalue weighted by atomic mass is 10.3. The van der Waals surface area contributed by atoms with E-state index in [9.17, 15) is 0 Å². The molecule has 0 aliphatic rings. The van der Waals surface area contributed by atoms with Gasteiger partial charge in [0.05, 0.1) is 0 Å². The molecule has 0 fully saturated rings. The minimum absolute atomic E-state index is 0.753. The van der Waals surface area contributed by atoms with Gasteiger partial charge in [0.1, 0.15) is 5.69 Å². The summed E-state index contributed by atoms with van der Waals surface area (Å²) in [5, 5.41) is 13.0. The molecule has 0 saturated carbocycles. The van der Waals surface area contributed by atoms with Crippen LogP contribution in [0.1, 0.15) is 0 Å². The normalized spacial score (nSPS) is 10.4. The molecule has 0 saturated heterocycles. The van der Waals surface area contributed by atoms with Gasteiger partial charge >= 0.3 is 0 Å². The molecule has 0 spiro atoms. The summed E-state index contributed by atoms with van der Waals surface area (Å²) in [7, 11) is 0. The van der Waals surface area contributed by atoms with E-state index in [0.29, 0.717) is 0 Å². The van der Waals surface area contributed by atoms with Crippen molar-refractivity contribution in [3.63, 3.8) is 0 Å². The first kappa shape index (κ1) is 12.3. The number of hydrogen-bond acceptors (Lipinski definition) is 5. The predicted octanol–water partition coefficient (Wildman–Crippen LogP) is 4.11. The average Bonchev–Trinajstić information content (AvgIpc) is 2.91. The third-order valence-electron chi connectivity index (χ3n) is 2.40. The second-order valence-corrected chi connectivity index (χ2v) is 5.65. The molecule has 0 atom stereocenters. The van der Waals surface area contributed by atoms with E-state index in [-0.39, 0.29) is 0 Å². The highest BCUT2D eigenvalue weighted by molar-refractivity contribution is 9.10. The number of hydrogen-bond donors (Lipinski definition) is 1. The molecule has 0 radical (unpaired) electrons. The van der Waals surface area contributed by atoms with Gasteiger partial charge in [-0.1, -0.05) is 33.3 Å². The molecular weight excluding hydrogens is 324 g/mol. The Morgan fingerprint density at radius 1 is 1.00 bits per heavy atom. The Bertz CT molecular complexity index is 667. The van der Waals surface area contributed by atoms with Gasteiger partial charge in [0.25, 0.3) is 0 Å². The average molecular weight is 333 g/mol. The van der Waals surface area contributed by atoms with Gasteiger partial charge in [-0.2, -0.15) is 0 Å². The molecule has 2 aromatic heterocycles. The molecule has 3 aromatic rings. The van der Waals surface area contributed by atoms with Crippen molar-refractivity contribution >= 4 is 38.1 Å². The zero-order valence-corrected chi connectivity index (χ0v) is 12.1. The summed E-state index contributed by atoms with van der Waals surface area (Å²) >= 11 is 4.88.